The minimum Gasteiger partial charge on any atom is -0.325 e. The lowest BCUT2D eigenvalue weighted by atomic mass is 9.89. The molecule has 1 heterocycles. The molecular weight excluding hydrogens is 336 g/mol. The monoisotopic (exact) mass is 356 g/mol. The van der Waals surface area contributed by atoms with E-state index >= 15 is 0 Å². The summed E-state index contributed by atoms with van der Waals surface area (Å²) in [6.07, 6.45) is 0.800. The highest BCUT2D eigenvalue weighted by molar-refractivity contribution is 6.31. The van der Waals surface area contributed by atoms with Gasteiger partial charge in [-0.25, -0.2) is 0 Å². The molecule has 4 nitrogen and oxygen atoms in total. The maximum absolute atomic E-state index is 13.2. The Kier molecular flexibility index (Phi) is 4.56. The van der Waals surface area contributed by atoms with Crippen molar-refractivity contribution in [1.29, 1.82) is 0 Å². The number of rotatable bonds is 3. The Balaban J connectivity index is 1.84. The fraction of sp³-hybridized carbons (Fsp3) is 0.300. The maximum atomic E-state index is 13.2. The molecule has 2 aromatic rings. The van der Waals surface area contributed by atoms with E-state index in [9.17, 15) is 9.59 Å². The zero-order valence-corrected chi connectivity index (χ0v) is 15.3. The number of nitrogens with zero attached hydrogens (tertiary/aromatic N) is 1. The average molecular weight is 357 g/mol. The molecule has 5 heteroatoms. The van der Waals surface area contributed by atoms with Crippen molar-refractivity contribution in [2.75, 3.05) is 10.2 Å². The Morgan fingerprint density at radius 1 is 1.16 bits per heavy atom. The van der Waals surface area contributed by atoms with Gasteiger partial charge in [0.1, 0.15) is 5.41 Å². The molecule has 0 aromatic heterocycles. The van der Waals surface area contributed by atoms with Crippen molar-refractivity contribution in [3.63, 3.8) is 0 Å². The predicted molar refractivity (Wildman–Crippen MR) is 101 cm³/mol. The number of benzene rings is 2. The highest BCUT2D eigenvalue weighted by atomic mass is 35.5. The summed E-state index contributed by atoms with van der Waals surface area (Å²) in [6.45, 7) is 5.31. The number of amides is 2. The first-order chi connectivity index (χ1) is 11.8. The smallest absolute Gasteiger partial charge is 0.242 e. The zero-order valence-electron chi connectivity index (χ0n) is 14.5. The molecule has 0 saturated heterocycles. The highest BCUT2D eigenvalue weighted by Crippen LogP contribution is 2.35. The largest absolute Gasteiger partial charge is 0.325 e. The van der Waals surface area contributed by atoms with E-state index in [1.807, 2.05) is 31.2 Å². The van der Waals surface area contributed by atoms with Crippen molar-refractivity contribution in [2.45, 2.75) is 33.2 Å². The van der Waals surface area contributed by atoms with E-state index in [2.05, 4.69) is 5.32 Å². The van der Waals surface area contributed by atoms with E-state index in [4.69, 9.17) is 11.6 Å². The van der Waals surface area contributed by atoms with Gasteiger partial charge in [0.15, 0.2) is 0 Å². The van der Waals surface area contributed by atoms with Gasteiger partial charge in [-0.2, -0.15) is 0 Å². The molecule has 1 unspecified atom stereocenters. The Morgan fingerprint density at radius 2 is 1.88 bits per heavy atom. The van der Waals surface area contributed by atoms with Crippen molar-refractivity contribution < 1.29 is 9.59 Å². The molecule has 0 aliphatic carbocycles. The lowest BCUT2D eigenvalue weighted by Crippen LogP contribution is -2.49. The summed E-state index contributed by atoms with van der Waals surface area (Å²) in [5.41, 5.74) is 1.40. The number of nitrogens with one attached hydrogen (secondary N) is 1. The van der Waals surface area contributed by atoms with Gasteiger partial charge in [-0.3, -0.25) is 9.59 Å². The van der Waals surface area contributed by atoms with Crippen LogP contribution in [0.5, 0.6) is 0 Å². The van der Waals surface area contributed by atoms with Gasteiger partial charge in [-0.15, -0.1) is 0 Å². The predicted octanol–water partition coefficient (Wildman–Crippen LogP) is 4.28. The third-order valence-corrected chi connectivity index (χ3v) is 4.85. The number of para-hydroxylation sites is 1. The lowest BCUT2D eigenvalue weighted by Gasteiger charge is -2.31. The van der Waals surface area contributed by atoms with Gasteiger partial charge in [-0.05, 0) is 57.0 Å². The van der Waals surface area contributed by atoms with E-state index in [-0.39, 0.29) is 17.9 Å². The fourth-order valence-corrected chi connectivity index (χ4v) is 3.32. The van der Waals surface area contributed by atoms with Gasteiger partial charge in [0.2, 0.25) is 11.8 Å². The zero-order chi connectivity index (χ0) is 18.2. The summed E-state index contributed by atoms with van der Waals surface area (Å²) < 4.78 is 0. The van der Waals surface area contributed by atoms with Crippen LogP contribution < -0.4 is 10.2 Å². The number of carbonyl (C=O) groups is 2. The second kappa shape index (κ2) is 6.52. The Bertz CT molecular complexity index is 832. The molecule has 0 bridgehead atoms. The molecule has 1 atom stereocenters. The number of hydrogen-bond acceptors (Lipinski definition) is 2. The van der Waals surface area contributed by atoms with E-state index in [0.717, 1.165) is 17.7 Å². The van der Waals surface area contributed by atoms with Crippen molar-refractivity contribution in [3.05, 3.63) is 59.1 Å². The first-order valence-electron chi connectivity index (χ1n) is 8.29. The fourth-order valence-electron chi connectivity index (χ4n) is 3.13. The quantitative estimate of drug-likeness (QED) is 0.834. The van der Waals surface area contributed by atoms with Crippen LogP contribution >= 0.6 is 11.6 Å². The molecule has 0 fully saturated rings. The Labute approximate surface area is 152 Å². The molecule has 2 amide bonds. The number of halogens is 1. The first-order valence-corrected chi connectivity index (χ1v) is 8.67. The number of anilines is 2. The molecule has 2 aromatic carbocycles. The molecule has 0 saturated carbocycles. The molecule has 1 aliphatic heterocycles. The average Bonchev–Trinajstić information content (AvgIpc) is 2.89. The van der Waals surface area contributed by atoms with Crippen LogP contribution in [0.2, 0.25) is 5.02 Å². The minimum atomic E-state index is -1.20. The van der Waals surface area contributed by atoms with Crippen LogP contribution in [-0.2, 0) is 16.0 Å². The van der Waals surface area contributed by atoms with E-state index in [0.29, 0.717) is 10.7 Å². The number of fused-ring (bicyclic) bond motifs is 1. The van der Waals surface area contributed by atoms with E-state index in [1.54, 1.807) is 43.0 Å². The van der Waals surface area contributed by atoms with Crippen LogP contribution in [-0.4, -0.2) is 17.9 Å². The van der Waals surface area contributed by atoms with Gasteiger partial charge < -0.3 is 10.2 Å². The number of carbonyl (C=O) groups excluding carboxylic acids is 2. The Hall–Kier alpha value is -2.33. The second-order valence-electron chi connectivity index (χ2n) is 6.95. The third kappa shape index (κ3) is 3.27. The molecular formula is C20H21ClN2O2. The SMILES string of the molecule is CC1Cc2ccccc2N1C(=O)C(C)(C)C(=O)Nc1cccc(Cl)c1. The Morgan fingerprint density at radius 3 is 2.60 bits per heavy atom. The van der Waals surface area contributed by atoms with Crippen LogP contribution in [0, 0.1) is 5.41 Å². The highest BCUT2D eigenvalue weighted by Gasteiger charge is 2.43. The van der Waals surface area contributed by atoms with Crippen molar-refractivity contribution in [3.8, 4) is 0 Å². The van der Waals surface area contributed by atoms with Crippen LogP contribution in [0.15, 0.2) is 48.5 Å². The summed E-state index contributed by atoms with van der Waals surface area (Å²) in [7, 11) is 0. The normalized spacial score (nSPS) is 16.5. The number of hydrogen-bond donors (Lipinski definition) is 1. The maximum Gasteiger partial charge on any atom is 0.242 e. The topological polar surface area (TPSA) is 49.4 Å². The third-order valence-electron chi connectivity index (χ3n) is 4.61. The molecule has 25 heavy (non-hydrogen) atoms. The van der Waals surface area contributed by atoms with E-state index in [1.165, 1.54) is 0 Å². The lowest BCUT2D eigenvalue weighted by molar-refractivity contribution is -0.136. The minimum absolute atomic E-state index is 0.0307. The van der Waals surface area contributed by atoms with Crippen LogP contribution in [0.4, 0.5) is 11.4 Å². The summed E-state index contributed by atoms with van der Waals surface area (Å²) in [5, 5.41) is 3.33. The van der Waals surface area contributed by atoms with Gasteiger partial charge >= 0.3 is 0 Å². The van der Waals surface area contributed by atoms with Gasteiger partial charge in [0.05, 0.1) is 0 Å². The molecule has 1 aliphatic rings. The van der Waals surface area contributed by atoms with Crippen molar-refractivity contribution >= 4 is 34.8 Å². The van der Waals surface area contributed by atoms with Crippen LogP contribution in [0.1, 0.15) is 26.3 Å². The molecule has 1 N–H and O–H groups in total. The first kappa shape index (κ1) is 17.5. The van der Waals surface area contributed by atoms with Crippen LogP contribution in [0.25, 0.3) is 0 Å². The summed E-state index contributed by atoms with van der Waals surface area (Å²) in [5.74, 6) is -0.555. The van der Waals surface area contributed by atoms with Gasteiger partial charge in [0.25, 0.3) is 0 Å². The molecule has 3 rings (SSSR count). The summed E-state index contributed by atoms with van der Waals surface area (Å²) in [4.78, 5) is 27.7. The summed E-state index contributed by atoms with van der Waals surface area (Å²) in [6, 6.07) is 14.8. The molecule has 0 spiro atoms. The van der Waals surface area contributed by atoms with Crippen molar-refractivity contribution in [1.82, 2.24) is 0 Å². The molecule has 130 valence electrons. The second-order valence-corrected chi connectivity index (χ2v) is 7.38. The van der Waals surface area contributed by atoms with Crippen LogP contribution in [0.3, 0.4) is 0 Å². The van der Waals surface area contributed by atoms with E-state index < -0.39 is 5.41 Å². The van der Waals surface area contributed by atoms with Gasteiger partial charge in [-0.1, -0.05) is 35.9 Å². The van der Waals surface area contributed by atoms with Crippen molar-refractivity contribution in [2.24, 2.45) is 5.41 Å². The molecule has 0 radical (unpaired) electrons. The standard InChI is InChI=1S/C20H21ClN2O2/c1-13-11-14-7-4-5-10-17(14)23(13)19(25)20(2,3)18(24)22-16-9-6-8-15(21)12-16/h4-10,12-13H,11H2,1-3H3,(H,22,24). The van der Waals surface area contributed by atoms with Gasteiger partial charge in [0, 0.05) is 22.4 Å². The summed E-state index contributed by atoms with van der Waals surface area (Å²) >= 11 is 5.96.